The molecule has 0 bridgehead atoms. The Bertz CT molecular complexity index is 437. The standard InChI is InChI=1S/C12H13N3O/c16-12(8-10-4-1-2-6-13-10)15-9-11-5-3-7-14-11/h1-7,14H,8-9H2,(H,15,16). The molecule has 4 nitrogen and oxygen atoms in total. The lowest BCUT2D eigenvalue weighted by Gasteiger charge is -2.03. The van der Waals surface area contributed by atoms with Gasteiger partial charge in [0.1, 0.15) is 0 Å². The summed E-state index contributed by atoms with van der Waals surface area (Å²) in [7, 11) is 0. The lowest BCUT2D eigenvalue weighted by Crippen LogP contribution is -2.24. The summed E-state index contributed by atoms with van der Waals surface area (Å²) < 4.78 is 0. The lowest BCUT2D eigenvalue weighted by molar-refractivity contribution is -0.120. The summed E-state index contributed by atoms with van der Waals surface area (Å²) in [6.07, 6.45) is 3.84. The maximum absolute atomic E-state index is 11.5. The van der Waals surface area contributed by atoms with Crippen molar-refractivity contribution in [3.63, 3.8) is 0 Å². The zero-order chi connectivity index (χ0) is 11.2. The van der Waals surface area contributed by atoms with Crippen molar-refractivity contribution in [2.24, 2.45) is 0 Å². The van der Waals surface area contributed by atoms with Crippen LogP contribution in [0.2, 0.25) is 0 Å². The maximum atomic E-state index is 11.5. The first-order valence-corrected chi connectivity index (χ1v) is 5.13. The van der Waals surface area contributed by atoms with Crippen LogP contribution in [0.1, 0.15) is 11.4 Å². The smallest absolute Gasteiger partial charge is 0.226 e. The number of H-pyrrole nitrogens is 1. The molecule has 16 heavy (non-hydrogen) atoms. The first kappa shape index (κ1) is 10.4. The van der Waals surface area contributed by atoms with Gasteiger partial charge in [0.15, 0.2) is 0 Å². The van der Waals surface area contributed by atoms with E-state index in [9.17, 15) is 4.79 Å². The largest absolute Gasteiger partial charge is 0.364 e. The molecule has 0 radical (unpaired) electrons. The summed E-state index contributed by atoms with van der Waals surface area (Å²) in [5.74, 6) is -0.0201. The molecule has 0 saturated carbocycles. The highest BCUT2D eigenvalue weighted by molar-refractivity contribution is 5.77. The van der Waals surface area contributed by atoms with Gasteiger partial charge in [-0.1, -0.05) is 6.07 Å². The minimum atomic E-state index is -0.0201. The van der Waals surface area contributed by atoms with E-state index in [1.165, 1.54) is 0 Å². The number of carbonyl (C=O) groups is 1. The Morgan fingerprint density at radius 2 is 2.25 bits per heavy atom. The topological polar surface area (TPSA) is 57.8 Å². The number of amides is 1. The molecule has 0 spiro atoms. The van der Waals surface area contributed by atoms with E-state index >= 15 is 0 Å². The first-order valence-electron chi connectivity index (χ1n) is 5.13. The van der Waals surface area contributed by atoms with Crippen LogP contribution in [-0.4, -0.2) is 15.9 Å². The van der Waals surface area contributed by atoms with Crippen molar-refractivity contribution < 1.29 is 4.79 Å². The van der Waals surface area contributed by atoms with E-state index < -0.39 is 0 Å². The van der Waals surface area contributed by atoms with Gasteiger partial charge in [0, 0.05) is 23.8 Å². The zero-order valence-electron chi connectivity index (χ0n) is 8.81. The molecule has 0 aliphatic carbocycles. The van der Waals surface area contributed by atoms with Gasteiger partial charge in [-0.3, -0.25) is 9.78 Å². The predicted octanol–water partition coefficient (Wildman–Crippen LogP) is 1.27. The number of pyridine rings is 1. The average molecular weight is 215 g/mol. The van der Waals surface area contributed by atoms with Crippen LogP contribution in [0.5, 0.6) is 0 Å². The molecule has 1 amide bonds. The minimum absolute atomic E-state index is 0.0201. The summed E-state index contributed by atoms with van der Waals surface area (Å²) in [6, 6.07) is 9.39. The third-order valence-corrected chi connectivity index (χ3v) is 2.21. The molecule has 2 aromatic rings. The molecule has 2 heterocycles. The van der Waals surface area contributed by atoms with Gasteiger partial charge in [-0.05, 0) is 24.3 Å². The molecule has 0 aliphatic heterocycles. The Kier molecular flexibility index (Phi) is 3.33. The average Bonchev–Trinajstić information content (AvgIpc) is 2.81. The van der Waals surface area contributed by atoms with Crippen LogP contribution < -0.4 is 5.32 Å². The number of hydrogen-bond acceptors (Lipinski definition) is 2. The van der Waals surface area contributed by atoms with E-state index in [0.29, 0.717) is 13.0 Å². The van der Waals surface area contributed by atoms with Gasteiger partial charge >= 0.3 is 0 Å². The Hall–Kier alpha value is -2.10. The van der Waals surface area contributed by atoms with Crippen molar-refractivity contribution in [2.45, 2.75) is 13.0 Å². The number of hydrogen-bond donors (Lipinski definition) is 2. The summed E-state index contributed by atoms with van der Waals surface area (Å²) in [5, 5.41) is 2.82. The quantitative estimate of drug-likeness (QED) is 0.806. The number of carbonyl (C=O) groups excluding carboxylic acids is 1. The molecule has 0 aromatic carbocycles. The van der Waals surface area contributed by atoms with E-state index in [0.717, 1.165) is 11.4 Å². The Morgan fingerprint density at radius 3 is 2.94 bits per heavy atom. The van der Waals surface area contributed by atoms with Gasteiger partial charge in [-0.2, -0.15) is 0 Å². The third kappa shape index (κ3) is 2.95. The molecular weight excluding hydrogens is 202 g/mol. The molecule has 2 rings (SSSR count). The third-order valence-electron chi connectivity index (χ3n) is 2.21. The van der Waals surface area contributed by atoms with Crippen molar-refractivity contribution in [3.05, 3.63) is 54.1 Å². The van der Waals surface area contributed by atoms with E-state index in [2.05, 4.69) is 15.3 Å². The van der Waals surface area contributed by atoms with Crippen molar-refractivity contribution in [1.29, 1.82) is 0 Å². The van der Waals surface area contributed by atoms with Crippen molar-refractivity contribution in [3.8, 4) is 0 Å². The highest BCUT2D eigenvalue weighted by atomic mass is 16.1. The van der Waals surface area contributed by atoms with Crippen LogP contribution in [0.15, 0.2) is 42.7 Å². The van der Waals surface area contributed by atoms with Crippen molar-refractivity contribution >= 4 is 5.91 Å². The summed E-state index contributed by atoms with van der Waals surface area (Å²) in [5.41, 5.74) is 1.78. The number of nitrogens with zero attached hydrogens (tertiary/aromatic N) is 1. The SMILES string of the molecule is O=C(Cc1ccccn1)NCc1ccc[nH]1. The molecule has 0 fully saturated rings. The minimum Gasteiger partial charge on any atom is -0.364 e. The van der Waals surface area contributed by atoms with Gasteiger partial charge in [-0.15, -0.1) is 0 Å². The van der Waals surface area contributed by atoms with Gasteiger partial charge < -0.3 is 10.3 Å². The Labute approximate surface area is 93.7 Å². The molecule has 0 saturated heterocycles. The molecule has 0 aliphatic rings. The van der Waals surface area contributed by atoms with Crippen LogP contribution in [-0.2, 0) is 17.8 Å². The van der Waals surface area contributed by atoms with Crippen LogP contribution >= 0.6 is 0 Å². The molecule has 2 N–H and O–H groups in total. The van der Waals surface area contributed by atoms with Crippen molar-refractivity contribution in [1.82, 2.24) is 15.3 Å². The highest BCUT2D eigenvalue weighted by Gasteiger charge is 2.03. The summed E-state index contributed by atoms with van der Waals surface area (Å²) >= 11 is 0. The molecule has 0 atom stereocenters. The number of nitrogens with one attached hydrogen (secondary N) is 2. The van der Waals surface area contributed by atoms with Crippen LogP contribution in [0.4, 0.5) is 0 Å². The number of aromatic nitrogens is 2. The molecule has 82 valence electrons. The molecule has 0 unspecified atom stereocenters. The fraction of sp³-hybridized carbons (Fsp3) is 0.167. The number of aromatic amines is 1. The van der Waals surface area contributed by atoms with Gasteiger partial charge in [0.2, 0.25) is 5.91 Å². The summed E-state index contributed by atoms with van der Waals surface area (Å²) in [4.78, 5) is 18.7. The molecule has 4 heteroatoms. The normalized spacial score (nSPS) is 10.0. The molecule has 2 aromatic heterocycles. The van der Waals surface area contributed by atoms with Gasteiger partial charge in [0.25, 0.3) is 0 Å². The van der Waals surface area contributed by atoms with E-state index in [1.807, 2.05) is 36.5 Å². The van der Waals surface area contributed by atoms with Crippen LogP contribution in [0, 0.1) is 0 Å². The Morgan fingerprint density at radius 1 is 1.31 bits per heavy atom. The van der Waals surface area contributed by atoms with Crippen molar-refractivity contribution in [2.75, 3.05) is 0 Å². The van der Waals surface area contributed by atoms with E-state index in [4.69, 9.17) is 0 Å². The van der Waals surface area contributed by atoms with E-state index in [-0.39, 0.29) is 5.91 Å². The fourth-order valence-electron chi connectivity index (χ4n) is 1.40. The zero-order valence-corrected chi connectivity index (χ0v) is 8.81. The second-order valence-corrected chi connectivity index (χ2v) is 3.47. The highest BCUT2D eigenvalue weighted by Crippen LogP contribution is 1.96. The second-order valence-electron chi connectivity index (χ2n) is 3.47. The lowest BCUT2D eigenvalue weighted by atomic mass is 10.2. The fourth-order valence-corrected chi connectivity index (χ4v) is 1.40. The maximum Gasteiger partial charge on any atom is 0.226 e. The Balaban J connectivity index is 1.81. The monoisotopic (exact) mass is 215 g/mol. The second kappa shape index (κ2) is 5.11. The van der Waals surface area contributed by atoms with Gasteiger partial charge in [-0.25, -0.2) is 0 Å². The van der Waals surface area contributed by atoms with Crippen LogP contribution in [0.25, 0.3) is 0 Å². The van der Waals surface area contributed by atoms with Crippen LogP contribution in [0.3, 0.4) is 0 Å². The summed E-state index contributed by atoms with van der Waals surface area (Å²) in [6.45, 7) is 0.526. The predicted molar refractivity (Wildman–Crippen MR) is 60.6 cm³/mol. The van der Waals surface area contributed by atoms with E-state index in [1.54, 1.807) is 6.20 Å². The van der Waals surface area contributed by atoms with Gasteiger partial charge in [0.05, 0.1) is 13.0 Å². The number of rotatable bonds is 4. The molecular formula is C12H13N3O. The first-order chi connectivity index (χ1) is 7.84.